The molecule has 0 unspecified atom stereocenters. The largest absolute Gasteiger partial charge is 0.452 e. The Morgan fingerprint density at radius 1 is 0.333 bits per heavy atom. The molecule has 10 rings (SSSR count). The highest BCUT2D eigenvalue weighted by molar-refractivity contribution is 6.22. The number of para-hydroxylation sites is 1. The molecule has 0 aliphatic rings. The summed E-state index contributed by atoms with van der Waals surface area (Å²) >= 11 is 0. The van der Waals surface area contributed by atoms with Crippen LogP contribution in [-0.4, -0.2) is 0 Å². The predicted molar refractivity (Wildman–Crippen MR) is 200 cm³/mol. The van der Waals surface area contributed by atoms with Crippen molar-refractivity contribution in [3.63, 3.8) is 0 Å². The molecule has 10 aromatic rings. The van der Waals surface area contributed by atoms with E-state index in [1.807, 2.05) is 30.3 Å². The number of hydrogen-bond acceptors (Lipinski definition) is 2. The van der Waals surface area contributed by atoms with Gasteiger partial charge in [0.2, 0.25) is 0 Å². The van der Waals surface area contributed by atoms with E-state index in [0.717, 1.165) is 55.4 Å². The van der Waals surface area contributed by atoms with Gasteiger partial charge in [-0.25, -0.2) is 0 Å². The fourth-order valence-corrected chi connectivity index (χ4v) is 7.53. The molecule has 0 fully saturated rings. The minimum absolute atomic E-state index is 0.775. The zero-order valence-electron chi connectivity index (χ0n) is 26.0. The van der Waals surface area contributed by atoms with Crippen molar-refractivity contribution in [2.45, 2.75) is 0 Å². The van der Waals surface area contributed by atoms with Crippen LogP contribution in [0.1, 0.15) is 0 Å². The van der Waals surface area contributed by atoms with Crippen LogP contribution in [0.15, 0.2) is 179 Å². The Bertz CT molecular complexity index is 2750. The molecule has 0 saturated heterocycles. The number of fused-ring (bicyclic) bond motifs is 7. The third-order valence-corrected chi connectivity index (χ3v) is 9.67. The van der Waals surface area contributed by atoms with Crippen LogP contribution in [0.5, 0.6) is 0 Å². The molecule has 0 amide bonds. The summed E-state index contributed by atoms with van der Waals surface area (Å²) in [5.41, 5.74) is 10.7. The summed E-state index contributed by atoms with van der Waals surface area (Å²) in [6, 6.07) is 60.3. The summed E-state index contributed by atoms with van der Waals surface area (Å²) in [6.07, 6.45) is 0. The molecule has 8 aromatic carbocycles. The maximum absolute atomic E-state index is 6.52. The van der Waals surface area contributed by atoms with Crippen molar-refractivity contribution in [3.05, 3.63) is 170 Å². The van der Waals surface area contributed by atoms with Crippen LogP contribution in [0.4, 0.5) is 0 Å². The summed E-state index contributed by atoms with van der Waals surface area (Å²) in [4.78, 5) is 0. The fraction of sp³-hybridized carbons (Fsp3) is 0. The molecule has 2 heterocycles. The van der Waals surface area contributed by atoms with E-state index in [1.165, 1.54) is 43.8 Å². The first-order valence-corrected chi connectivity index (χ1v) is 16.3. The van der Waals surface area contributed by atoms with Crippen molar-refractivity contribution in [3.8, 4) is 44.7 Å². The highest BCUT2D eigenvalue weighted by Crippen LogP contribution is 2.46. The summed E-state index contributed by atoms with van der Waals surface area (Å²) < 4.78 is 13.0. The molecule has 48 heavy (non-hydrogen) atoms. The molecule has 224 valence electrons. The van der Waals surface area contributed by atoms with E-state index in [0.29, 0.717) is 0 Å². The van der Waals surface area contributed by atoms with Crippen LogP contribution in [0, 0.1) is 0 Å². The molecule has 0 bridgehead atoms. The smallest absolute Gasteiger partial charge is 0.179 e. The Morgan fingerprint density at radius 2 is 0.812 bits per heavy atom. The molecule has 2 heteroatoms. The first-order valence-electron chi connectivity index (χ1n) is 16.3. The van der Waals surface area contributed by atoms with Crippen molar-refractivity contribution in [2.24, 2.45) is 0 Å². The lowest BCUT2D eigenvalue weighted by Gasteiger charge is -2.18. The summed E-state index contributed by atoms with van der Waals surface area (Å²) in [6.45, 7) is 0. The zero-order valence-corrected chi connectivity index (χ0v) is 26.0. The van der Waals surface area contributed by atoms with Crippen LogP contribution in [-0.2, 0) is 0 Å². The van der Waals surface area contributed by atoms with E-state index in [4.69, 9.17) is 8.83 Å². The lowest BCUT2D eigenvalue weighted by Crippen LogP contribution is -1.90. The molecule has 0 atom stereocenters. The van der Waals surface area contributed by atoms with E-state index in [2.05, 4.69) is 140 Å². The van der Waals surface area contributed by atoms with Gasteiger partial charge in [0.25, 0.3) is 0 Å². The normalized spacial score (nSPS) is 11.8. The highest BCUT2D eigenvalue weighted by Gasteiger charge is 2.21. The molecule has 0 radical (unpaired) electrons. The lowest BCUT2D eigenvalue weighted by atomic mass is 9.85. The van der Waals surface area contributed by atoms with Crippen molar-refractivity contribution >= 4 is 54.5 Å². The molecular formula is C46H28O2. The van der Waals surface area contributed by atoms with Gasteiger partial charge in [-0.2, -0.15) is 0 Å². The molecule has 0 N–H and O–H groups in total. The number of furan rings is 2. The molecule has 0 aliphatic heterocycles. The summed E-state index contributed by atoms with van der Waals surface area (Å²) in [7, 11) is 0. The van der Waals surface area contributed by atoms with Gasteiger partial charge in [-0.3, -0.25) is 0 Å². The van der Waals surface area contributed by atoms with Gasteiger partial charge >= 0.3 is 0 Å². The van der Waals surface area contributed by atoms with Crippen LogP contribution >= 0.6 is 0 Å². The Labute approximate surface area is 277 Å². The first kappa shape index (κ1) is 26.8. The van der Waals surface area contributed by atoms with Gasteiger partial charge in [-0.1, -0.05) is 152 Å². The van der Waals surface area contributed by atoms with Crippen LogP contribution in [0.2, 0.25) is 0 Å². The van der Waals surface area contributed by atoms with Gasteiger partial charge in [0.15, 0.2) is 11.2 Å². The number of rotatable bonds is 4. The second-order valence-electron chi connectivity index (χ2n) is 12.4. The molecule has 2 aromatic heterocycles. The molecule has 0 spiro atoms. The Kier molecular flexibility index (Phi) is 5.91. The number of benzene rings is 8. The summed E-state index contributed by atoms with van der Waals surface area (Å²) in [5, 5.41) is 8.19. The van der Waals surface area contributed by atoms with Gasteiger partial charge in [0, 0.05) is 21.7 Å². The quantitative estimate of drug-likeness (QED) is 0.185. The molecule has 0 aliphatic carbocycles. The Morgan fingerprint density at radius 3 is 1.42 bits per heavy atom. The average Bonchev–Trinajstić information content (AvgIpc) is 3.77. The zero-order chi connectivity index (χ0) is 31.6. The van der Waals surface area contributed by atoms with E-state index in [1.54, 1.807) is 0 Å². The van der Waals surface area contributed by atoms with Crippen molar-refractivity contribution in [1.82, 2.24) is 0 Å². The van der Waals surface area contributed by atoms with Crippen molar-refractivity contribution in [1.29, 1.82) is 0 Å². The van der Waals surface area contributed by atoms with Crippen LogP contribution in [0.25, 0.3) is 99.2 Å². The molecular weight excluding hydrogens is 585 g/mol. The van der Waals surface area contributed by atoms with E-state index in [-0.39, 0.29) is 0 Å². The van der Waals surface area contributed by atoms with E-state index < -0.39 is 0 Å². The second kappa shape index (κ2) is 10.6. The fourth-order valence-electron chi connectivity index (χ4n) is 7.53. The van der Waals surface area contributed by atoms with E-state index >= 15 is 0 Å². The first-order chi connectivity index (χ1) is 23.8. The van der Waals surface area contributed by atoms with Crippen molar-refractivity contribution in [2.75, 3.05) is 0 Å². The van der Waals surface area contributed by atoms with Crippen molar-refractivity contribution < 1.29 is 8.83 Å². The standard InChI is InChI=1S/C46H28O2/c1-3-13-30(14-4-1)41-28-33-27-39(44-38-21-11-12-22-40(38)47-46(44)45(33)48-41)29-23-25-32(26-24-29)43-36-19-9-7-17-34(36)42(31-15-5-2-6-16-31)35-18-8-10-20-37(35)43/h1-28H. The molecule has 2 nitrogen and oxygen atoms in total. The average molecular weight is 613 g/mol. The number of hydrogen-bond donors (Lipinski definition) is 0. The maximum Gasteiger partial charge on any atom is 0.179 e. The SMILES string of the molecule is c1ccc(-c2cc3cc(-c4ccc(-c5c6ccccc6c(-c6ccccc6)c6ccccc56)cc4)c4c5ccccc5oc4c3o2)cc1. The van der Waals surface area contributed by atoms with Gasteiger partial charge in [0.1, 0.15) is 11.3 Å². The van der Waals surface area contributed by atoms with Crippen LogP contribution < -0.4 is 0 Å². The molecule has 0 saturated carbocycles. The Balaban J connectivity index is 1.19. The summed E-state index contributed by atoms with van der Waals surface area (Å²) in [5.74, 6) is 0.831. The predicted octanol–water partition coefficient (Wildman–Crippen LogP) is 13.3. The third kappa shape index (κ3) is 4.06. The van der Waals surface area contributed by atoms with Gasteiger partial charge < -0.3 is 8.83 Å². The minimum atomic E-state index is 0.775. The van der Waals surface area contributed by atoms with Gasteiger partial charge in [-0.15, -0.1) is 0 Å². The van der Waals surface area contributed by atoms with Crippen LogP contribution in [0.3, 0.4) is 0 Å². The second-order valence-corrected chi connectivity index (χ2v) is 12.4. The monoisotopic (exact) mass is 612 g/mol. The minimum Gasteiger partial charge on any atom is -0.452 e. The third-order valence-electron chi connectivity index (χ3n) is 9.67. The Hall–Kier alpha value is -6.38. The lowest BCUT2D eigenvalue weighted by molar-refractivity contribution is 0.611. The topological polar surface area (TPSA) is 26.3 Å². The van der Waals surface area contributed by atoms with E-state index in [9.17, 15) is 0 Å². The highest BCUT2D eigenvalue weighted by atomic mass is 16.4. The maximum atomic E-state index is 6.52. The van der Waals surface area contributed by atoms with Gasteiger partial charge in [-0.05, 0) is 73.1 Å². The van der Waals surface area contributed by atoms with Gasteiger partial charge in [0.05, 0.1) is 0 Å².